The molecule has 0 aliphatic heterocycles. The number of tetrazole rings is 1. The molecular weight excluding hydrogens is 435 g/mol. The van der Waals surface area contributed by atoms with Crippen molar-refractivity contribution in [3.05, 3.63) is 65.2 Å². The summed E-state index contributed by atoms with van der Waals surface area (Å²) in [5.74, 6) is 0.390. The second kappa shape index (κ2) is 9.60. The van der Waals surface area contributed by atoms with Crippen molar-refractivity contribution in [1.82, 2.24) is 25.5 Å². The van der Waals surface area contributed by atoms with Gasteiger partial charge in [-0.25, -0.2) is 4.79 Å². The average Bonchev–Trinajstić information content (AvgIpc) is 3.21. The van der Waals surface area contributed by atoms with E-state index >= 15 is 0 Å². The molecule has 3 rings (SSSR count). The number of alkyl halides is 3. The van der Waals surface area contributed by atoms with Crippen molar-refractivity contribution in [1.29, 1.82) is 0 Å². The number of amides is 1. The zero-order valence-electron chi connectivity index (χ0n) is 18.8. The molecule has 7 nitrogen and oxygen atoms in total. The highest BCUT2D eigenvalue weighted by Crippen LogP contribution is 2.30. The Morgan fingerprint density at radius 1 is 1.09 bits per heavy atom. The highest BCUT2D eigenvalue weighted by atomic mass is 19.4. The van der Waals surface area contributed by atoms with Crippen LogP contribution in [0.15, 0.2) is 48.5 Å². The van der Waals surface area contributed by atoms with Crippen LogP contribution in [0, 0.1) is 0 Å². The van der Waals surface area contributed by atoms with Crippen LogP contribution in [-0.4, -0.2) is 38.4 Å². The molecule has 0 radical (unpaired) electrons. The first-order valence-corrected chi connectivity index (χ1v) is 10.4. The Labute approximate surface area is 189 Å². The molecule has 0 fully saturated rings. The molecule has 1 unspecified atom stereocenters. The van der Waals surface area contributed by atoms with Gasteiger partial charge in [0.25, 0.3) is 0 Å². The minimum Gasteiger partial charge on any atom is -0.444 e. The summed E-state index contributed by atoms with van der Waals surface area (Å²) in [7, 11) is 0. The third kappa shape index (κ3) is 6.77. The number of carbonyl (C=O) groups is 1. The van der Waals surface area contributed by atoms with Crippen molar-refractivity contribution < 1.29 is 22.7 Å². The van der Waals surface area contributed by atoms with Crippen molar-refractivity contribution in [2.75, 3.05) is 6.54 Å². The lowest BCUT2D eigenvalue weighted by atomic mass is 9.98. The van der Waals surface area contributed by atoms with E-state index in [1.165, 1.54) is 16.9 Å². The highest BCUT2D eigenvalue weighted by molar-refractivity contribution is 5.67. The van der Waals surface area contributed by atoms with Crippen LogP contribution in [0.25, 0.3) is 11.4 Å². The molecular formula is C23H26F3N5O2. The predicted molar refractivity (Wildman–Crippen MR) is 116 cm³/mol. The largest absolute Gasteiger partial charge is 0.444 e. The summed E-state index contributed by atoms with van der Waals surface area (Å²) >= 11 is 0. The molecule has 1 heterocycles. The lowest BCUT2D eigenvalue weighted by Crippen LogP contribution is -2.35. The molecule has 176 valence electrons. The molecule has 1 N–H and O–H groups in total. The Morgan fingerprint density at radius 3 is 2.39 bits per heavy atom. The van der Waals surface area contributed by atoms with Crippen molar-refractivity contribution in [3.63, 3.8) is 0 Å². The van der Waals surface area contributed by atoms with E-state index in [0.717, 1.165) is 28.8 Å². The Balaban J connectivity index is 1.71. The van der Waals surface area contributed by atoms with Crippen LogP contribution in [0.3, 0.4) is 0 Å². The fourth-order valence-corrected chi connectivity index (χ4v) is 3.07. The van der Waals surface area contributed by atoms with Gasteiger partial charge in [0.15, 0.2) is 0 Å². The van der Waals surface area contributed by atoms with Crippen LogP contribution >= 0.6 is 0 Å². The number of hydrogen-bond acceptors (Lipinski definition) is 5. The maximum absolute atomic E-state index is 12.8. The number of carbonyl (C=O) groups excluding carboxylic acids is 1. The van der Waals surface area contributed by atoms with Gasteiger partial charge in [-0.1, -0.05) is 36.4 Å². The maximum Gasteiger partial charge on any atom is 0.416 e. The van der Waals surface area contributed by atoms with E-state index in [4.69, 9.17) is 4.74 Å². The molecule has 0 aliphatic carbocycles. The standard InChI is InChI=1S/C23H26F3N5O2/c1-15(14-27-21(32)33-22(2,3)4)31-29-20(28-30-31)19-8-6-5-7-17(19)13-16-9-11-18(12-10-16)23(24,25)26/h5-12,15H,13-14H2,1-4H3,(H,27,32). The van der Waals surface area contributed by atoms with E-state index in [0.29, 0.717) is 12.2 Å². The van der Waals surface area contributed by atoms with E-state index < -0.39 is 23.4 Å². The molecule has 10 heteroatoms. The molecule has 0 bridgehead atoms. The number of ether oxygens (including phenoxy) is 1. The third-order valence-corrected chi connectivity index (χ3v) is 4.70. The molecule has 1 aromatic heterocycles. The van der Waals surface area contributed by atoms with Crippen molar-refractivity contribution in [3.8, 4) is 11.4 Å². The van der Waals surface area contributed by atoms with Gasteiger partial charge < -0.3 is 10.1 Å². The van der Waals surface area contributed by atoms with Crippen molar-refractivity contribution in [2.45, 2.75) is 51.9 Å². The summed E-state index contributed by atoms with van der Waals surface area (Å²) in [4.78, 5) is 13.3. The number of rotatable bonds is 6. The molecule has 33 heavy (non-hydrogen) atoms. The number of nitrogens with zero attached hydrogens (tertiary/aromatic N) is 4. The van der Waals surface area contributed by atoms with Crippen LogP contribution in [0.4, 0.5) is 18.0 Å². The predicted octanol–water partition coefficient (Wildman–Crippen LogP) is 5.04. The van der Waals surface area contributed by atoms with E-state index in [1.54, 1.807) is 20.8 Å². The van der Waals surface area contributed by atoms with Crippen molar-refractivity contribution in [2.24, 2.45) is 0 Å². The third-order valence-electron chi connectivity index (χ3n) is 4.70. The Kier molecular flexibility index (Phi) is 7.04. The van der Waals surface area contributed by atoms with Gasteiger partial charge >= 0.3 is 12.3 Å². The first kappa shape index (κ1) is 24.2. The highest BCUT2D eigenvalue weighted by Gasteiger charge is 2.30. The van der Waals surface area contributed by atoms with Crippen LogP contribution in [0.5, 0.6) is 0 Å². The summed E-state index contributed by atoms with van der Waals surface area (Å²) in [5, 5.41) is 15.3. The minimum atomic E-state index is -4.37. The number of aromatic nitrogens is 4. The smallest absolute Gasteiger partial charge is 0.416 e. The van der Waals surface area contributed by atoms with Gasteiger partial charge in [-0.15, -0.1) is 10.2 Å². The van der Waals surface area contributed by atoms with Crippen LogP contribution in [0.1, 0.15) is 50.4 Å². The first-order chi connectivity index (χ1) is 15.4. The zero-order chi connectivity index (χ0) is 24.2. The van der Waals surface area contributed by atoms with Gasteiger partial charge in [-0.05, 0) is 62.6 Å². The summed E-state index contributed by atoms with van der Waals surface area (Å²) in [6.07, 6.45) is -4.48. The lowest BCUT2D eigenvalue weighted by molar-refractivity contribution is -0.137. The minimum absolute atomic E-state index is 0.248. The zero-order valence-corrected chi connectivity index (χ0v) is 18.8. The Hall–Kier alpha value is -3.43. The average molecular weight is 461 g/mol. The molecule has 0 saturated carbocycles. The molecule has 2 aromatic carbocycles. The number of alkyl carbamates (subject to hydrolysis) is 1. The topological polar surface area (TPSA) is 81.9 Å². The van der Waals surface area contributed by atoms with E-state index in [-0.39, 0.29) is 12.6 Å². The second-order valence-electron chi connectivity index (χ2n) is 8.69. The summed E-state index contributed by atoms with van der Waals surface area (Å²) in [5.41, 5.74) is 1.05. The molecule has 0 spiro atoms. The van der Waals surface area contributed by atoms with Crippen molar-refractivity contribution >= 4 is 6.09 Å². The second-order valence-corrected chi connectivity index (χ2v) is 8.69. The Morgan fingerprint density at radius 2 is 1.76 bits per heavy atom. The van der Waals surface area contributed by atoms with E-state index in [2.05, 4.69) is 20.7 Å². The SMILES string of the molecule is CC(CNC(=O)OC(C)(C)C)n1nnc(-c2ccccc2Cc2ccc(C(F)(F)F)cc2)n1. The first-order valence-electron chi connectivity index (χ1n) is 10.4. The molecule has 1 atom stereocenters. The van der Waals surface area contributed by atoms with Gasteiger partial charge in [0, 0.05) is 12.1 Å². The number of halogens is 3. The van der Waals surface area contributed by atoms with Crippen LogP contribution in [-0.2, 0) is 17.3 Å². The number of hydrogen-bond donors (Lipinski definition) is 1. The summed E-state index contributed by atoms with van der Waals surface area (Å²) in [6.45, 7) is 7.42. The summed E-state index contributed by atoms with van der Waals surface area (Å²) < 4.78 is 43.7. The molecule has 1 amide bonds. The van der Waals surface area contributed by atoms with Gasteiger partial charge in [0.2, 0.25) is 5.82 Å². The maximum atomic E-state index is 12.8. The quantitative estimate of drug-likeness (QED) is 0.557. The normalized spacial score (nSPS) is 12.9. The molecule has 0 aliphatic rings. The van der Waals surface area contributed by atoms with E-state index in [9.17, 15) is 18.0 Å². The van der Waals surface area contributed by atoms with Gasteiger partial charge in [-0.3, -0.25) is 0 Å². The summed E-state index contributed by atoms with van der Waals surface area (Å²) in [6, 6.07) is 12.2. The van der Waals surface area contributed by atoms with Gasteiger partial charge in [0.1, 0.15) is 5.60 Å². The fraction of sp³-hybridized carbons (Fsp3) is 0.391. The number of benzene rings is 2. The van der Waals surface area contributed by atoms with Crippen LogP contribution < -0.4 is 5.32 Å². The Bertz CT molecular complexity index is 1090. The number of nitrogens with one attached hydrogen (secondary N) is 1. The fourth-order valence-electron chi connectivity index (χ4n) is 3.07. The monoisotopic (exact) mass is 461 g/mol. The van der Waals surface area contributed by atoms with Gasteiger partial charge in [-0.2, -0.15) is 18.0 Å². The lowest BCUT2D eigenvalue weighted by Gasteiger charge is -2.20. The van der Waals surface area contributed by atoms with E-state index in [1.807, 2.05) is 31.2 Å². The van der Waals surface area contributed by atoms with Crippen LogP contribution in [0.2, 0.25) is 0 Å². The molecule has 0 saturated heterocycles. The molecule has 3 aromatic rings. The van der Waals surface area contributed by atoms with Gasteiger partial charge in [0.05, 0.1) is 11.6 Å².